The second kappa shape index (κ2) is 7.44. The van der Waals surface area contributed by atoms with Crippen LogP contribution < -0.4 is 16.4 Å². The molecule has 6 nitrogen and oxygen atoms in total. The molecule has 0 bridgehead atoms. The average molecular weight is 373 g/mol. The number of nitrogens with one attached hydrogen (secondary N) is 2. The Balaban J connectivity index is 1.64. The average Bonchev–Trinajstić information content (AvgIpc) is 3.14. The molecule has 0 unspecified atom stereocenters. The Morgan fingerprint density at radius 2 is 2.00 bits per heavy atom. The Morgan fingerprint density at radius 1 is 1.14 bits per heavy atom. The van der Waals surface area contributed by atoms with Crippen molar-refractivity contribution in [1.29, 1.82) is 0 Å². The van der Waals surface area contributed by atoms with Gasteiger partial charge < -0.3 is 20.9 Å². The Bertz CT molecular complexity index is 1240. The number of nitrogens with two attached hydrogens (primary N) is 1. The van der Waals surface area contributed by atoms with E-state index in [4.69, 9.17) is 8.48 Å². The number of carbonyl (C=O) groups is 1. The number of nitrogens with zero attached hydrogens (tertiary/aromatic N) is 2. The van der Waals surface area contributed by atoms with Crippen LogP contribution in [0.5, 0.6) is 0 Å². The molecule has 0 aliphatic carbocycles. The molecule has 0 saturated carbocycles. The molecule has 4 N–H and O–H groups in total. The van der Waals surface area contributed by atoms with Crippen LogP contribution >= 0.6 is 0 Å². The van der Waals surface area contributed by atoms with E-state index in [1.54, 1.807) is 36.5 Å². The minimum Gasteiger partial charge on any atom is -0.384 e. The summed E-state index contributed by atoms with van der Waals surface area (Å²) in [6.07, 6.45) is 3.14. The summed E-state index contributed by atoms with van der Waals surface area (Å²) >= 11 is 0. The summed E-state index contributed by atoms with van der Waals surface area (Å²) in [5.41, 5.74) is 9.10. The third kappa shape index (κ3) is 3.81. The zero-order valence-corrected chi connectivity index (χ0v) is 15.3. The van der Waals surface area contributed by atoms with E-state index in [1.165, 1.54) is 16.8 Å². The largest absolute Gasteiger partial charge is 0.384 e. The first-order valence-corrected chi connectivity index (χ1v) is 8.82. The monoisotopic (exact) mass is 373 g/mol. The molecule has 28 heavy (non-hydrogen) atoms. The molecule has 2 aromatic carbocycles. The number of carbonyl (C=O) groups excluding carboxylic acids is 1. The first-order valence-electron chi connectivity index (χ1n) is 9.82. The van der Waals surface area contributed by atoms with Gasteiger partial charge in [-0.25, -0.2) is 9.78 Å². The molecular weight excluding hydrogens is 350 g/mol. The number of aryl methyl sites for hydroxylation is 1. The van der Waals surface area contributed by atoms with Crippen LogP contribution in [0.4, 0.5) is 22.0 Å². The van der Waals surface area contributed by atoms with Crippen molar-refractivity contribution in [3.8, 4) is 0 Å². The fourth-order valence-corrected chi connectivity index (χ4v) is 3.04. The maximum Gasteiger partial charge on any atom is 0.323 e. The first kappa shape index (κ1) is 15.3. The molecule has 4 rings (SSSR count). The van der Waals surface area contributed by atoms with Gasteiger partial charge in [0.1, 0.15) is 5.82 Å². The van der Waals surface area contributed by atoms with Crippen LogP contribution in [0.25, 0.3) is 10.9 Å². The number of anilines is 3. The maximum absolute atomic E-state index is 12.5. The molecule has 0 saturated heterocycles. The number of fused-ring (bicyclic) bond motifs is 1. The molecule has 140 valence electrons. The molecule has 0 atom stereocenters. The lowest BCUT2D eigenvalue weighted by Crippen LogP contribution is -2.19. The van der Waals surface area contributed by atoms with Gasteiger partial charge in [0.2, 0.25) is 0 Å². The molecule has 0 aliphatic rings. The van der Waals surface area contributed by atoms with Crippen LogP contribution in [0.15, 0.2) is 73.1 Å². The lowest BCUT2D eigenvalue weighted by Gasteiger charge is -2.10. The van der Waals surface area contributed by atoms with Gasteiger partial charge in [-0.2, -0.15) is 0 Å². The molecule has 0 fully saturated rings. The molecular formula is C22H21N5O. The second-order valence-electron chi connectivity index (χ2n) is 6.45. The van der Waals surface area contributed by atoms with Crippen molar-refractivity contribution in [2.24, 2.45) is 0 Å². The van der Waals surface area contributed by atoms with Crippen molar-refractivity contribution in [3.05, 3.63) is 84.2 Å². The minimum absolute atomic E-state index is 0.253. The maximum atomic E-state index is 12.5. The quantitative estimate of drug-likeness (QED) is 0.488. The Hall–Kier alpha value is -3.80. The van der Waals surface area contributed by atoms with E-state index in [2.05, 4.69) is 15.6 Å². The van der Waals surface area contributed by atoms with Crippen molar-refractivity contribution >= 4 is 34.1 Å². The van der Waals surface area contributed by atoms with Crippen molar-refractivity contribution in [2.45, 2.75) is 13.4 Å². The SMILES string of the molecule is [2H]C([2H])(c1ccnc(N)c1)n1ccc2c(NC(=O)Nc3cccc(C)c3)cccc21. The highest BCUT2D eigenvalue weighted by atomic mass is 16.2. The summed E-state index contributed by atoms with van der Waals surface area (Å²) in [5, 5.41) is 6.39. The van der Waals surface area contributed by atoms with Crippen LogP contribution in [0, 0.1) is 6.92 Å². The van der Waals surface area contributed by atoms with Crippen molar-refractivity contribution in [3.63, 3.8) is 0 Å². The minimum atomic E-state index is -1.85. The molecule has 0 spiro atoms. The van der Waals surface area contributed by atoms with E-state index in [0.717, 1.165) is 10.9 Å². The fraction of sp³-hybridized carbons (Fsp3) is 0.0909. The lowest BCUT2D eigenvalue weighted by atomic mass is 10.2. The zero-order chi connectivity index (χ0) is 21.3. The third-order valence-electron chi connectivity index (χ3n) is 4.29. The molecule has 0 radical (unpaired) electrons. The van der Waals surface area contributed by atoms with Gasteiger partial charge in [-0.3, -0.25) is 0 Å². The highest BCUT2D eigenvalue weighted by Crippen LogP contribution is 2.25. The zero-order valence-electron chi connectivity index (χ0n) is 17.3. The highest BCUT2D eigenvalue weighted by Gasteiger charge is 2.09. The van der Waals surface area contributed by atoms with Crippen LogP contribution in [-0.4, -0.2) is 15.6 Å². The van der Waals surface area contributed by atoms with Gasteiger partial charge in [0.15, 0.2) is 0 Å². The number of benzene rings is 2. The molecule has 2 heterocycles. The number of pyridine rings is 1. The van der Waals surface area contributed by atoms with Crippen molar-refractivity contribution < 1.29 is 7.54 Å². The number of amides is 2. The Kier molecular flexibility index (Phi) is 4.06. The number of hydrogen-bond acceptors (Lipinski definition) is 3. The van der Waals surface area contributed by atoms with Crippen molar-refractivity contribution in [2.75, 3.05) is 16.4 Å². The first-order chi connectivity index (χ1) is 14.3. The second-order valence-corrected chi connectivity index (χ2v) is 6.45. The number of rotatable bonds is 4. The predicted molar refractivity (Wildman–Crippen MR) is 114 cm³/mol. The van der Waals surface area contributed by atoms with Gasteiger partial charge >= 0.3 is 6.03 Å². The van der Waals surface area contributed by atoms with E-state index in [9.17, 15) is 4.79 Å². The summed E-state index contributed by atoms with van der Waals surface area (Å²) in [6.45, 7) is 0.109. The molecule has 6 heteroatoms. The highest BCUT2D eigenvalue weighted by molar-refractivity contribution is 6.05. The number of aromatic nitrogens is 2. The van der Waals surface area contributed by atoms with Crippen LogP contribution in [-0.2, 0) is 6.50 Å². The normalized spacial score (nSPS) is 12.3. The Labute approximate surface area is 165 Å². The van der Waals surface area contributed by atoms with E-state index in [1.807, 2.05) is 31.2 Å². The van der Waals surface area contributed by atoms with E-state index in [-0.39, 0.29) is 11.8 Å². The lowest BCUT2D eigenvalue weighted by molar-refractivity contribution is 0.262. The van der Waals surface area contributed by atoms with Gasteiger partial charge in [-0.15, -0.1) is 0 Å². The molecule has 4 aromatic rings. The topological polar surface area (TPSA) is 85.0 Å². The smallest absolute Gasteiger partial charge is 0.323 e. The van der Waals surface area contributed by atoms with Gasteiger partial charge in [0, 0.05) is 30.0 Å². The Morgan fingerprint density at radius 3 is 2.82 bits per heavy atom. The molecule has 2 amide bonds. The van der Waals surface area contributed by atoms with Gasteiger partial charge in [-0.1, -0.05) is 18.2 Å². The molecule has 2 aromatic heterocycles. The number of urea groups is 1. The summed E-state index contributed by atoms with van der Waals surface area (Å²) in [7, 11) is 0. The van der Waals surface area contributed by atoms with Crippen LogP contribution in [0.2, 0.25) is 0 Å². The number of nitrogen functional groups attached to an aromatic ring is 1. The van der Waals surface area contributed by atoms with Crippen LogP contribution in [0.1, 0.15) is 13.9 Å². The number of hydrogen-bond donors (Lipinski definition) is 3. The standard InChI is InChI=1S/C22H21N5O/c1-15-4-2-5-17(12-15)25-22(28)26-19-6-3-7-20-18(19)9-11-27(20)14-16-8-10-24-21(23)13-16/h2-13H,14H2,1H3,(H2,23,24)(H2,25,26,28)/i14D2. The summed E-state index contributed by atoms with van der Waals surface area (Å²) < 4.78 is 18.8. The van der Waals surface area contributed by atoms with Crippen molar-refractivity contribution in [1.82, 2.24) is 9.55 Å². The van der Waals surface area contributed by atoms with Gasteiger partial charge in [0.05, 0.1) is 13.9 Å². The van der Waals surface area contributed by atoms with E-state index < -0.39 is 6.50 Å². The van der Waals surface area contributed by atoms with Crippen LogP contribution in [0.3, 0.4) is 0 Å². The fourth-order valence-electron chi connectivity index (χ4n) is 3.04. The summed E-state index contributed by atoms with van der Waals surface area (Å²) in [5.74, 6) is 0.253. The van der Waals surface area contributed by atoms with E-state index >= 15 is 0 Å². The molecule has 0 aliphatic heterocycles. The van der Waals surface area contributed by atoms with E-state index in [0.29, 0.717) is 22.5 Å². The van der Waals surface area contributed by atoms with Gasteiger partial charge in [-0.05, 0) is 60.5 Å². The predicted octanol–water partition coefficient (Wildman–Crippen LogP) is 4.62. The summed E-state index contributed by atoms with van der Waals surface area (Å²) in [4.78, 5) is 16.4. The summed E-state index contributed by atoms with van der Waals surface area (Å²) in [6, 6.07) is 17.4. The van der Waals surface area contributed by atoms with Gasteiger partial charge in [0.25, 0.3) is 0 Å². The third-order valence-corrected chi connectivity index (χ3v) is 4.29.